The Bertz CT molecular complexity index is 434. The Morgan fingerprint density at radius 2 is 1.47 bits per heavy atom. The third-order valence-electron chi connectivity index (χ3n) is 1.51. The van der Waals surface area contributed by atoms with E-state index in [1.807, 2.05) is 0 Å². The minimum absolute atomic E-state index is 0.571. The van der Waals surface area contributed by atoms with Crippen LogP contribution in [0.25, 0.3) is 0 Å². The molecule has 0 atom stereocenters. The first-order valence-corrected chi connectivity index (χ1v) is 7.70. The topological polar surface area (TPSA) is 119 Å². The smallest absolute Gasteiger partial charge is 0.319 e. The fourth-order valence-electron chi connectivity index (χ4n) is 0.857. The van der Waals surface area contributed by atoms with Crippen LogP contribution in [0.2, 0.25) is 0 Å². The van der Waals surface area contributed by atoms with E-state index in [1.165, 1.54) is 0 Å². The zero-order valence-electron chi connectivity index (χ0n) is 9.75. The third kappa shape index (κ3) is 4.38. The van der Waals surface area contributed by atoms with Gasteiger partial charge in [-0.25, -0.2) is 0 Å². The average Bonchev–Trinajstić information content (AvgIpc) is 2.13. The SMILES string of the molecule is CCOC(OCC)(OS(=O)(=O)C(F)(F)F)P(=O)(O)O. The average molecular weight is 332 g/mol. The normalized spacial score (nSPS) is 14.7. The van der Waals surface area contributed by atoms with Crippen LogP contribution in [0.1, 0.15) is 13.8 Å². The molecule has 0 spiro atoms. The van der Waals surface area contributed by atoms with E-state index in [4.69, 9.17) is 9.79 Å². The van der Waals surface area contributed by atoms with E-state index in [1.54, 1.807) is 0 Å². The van der Waals surface area contributed by atoms with E-state index in [0.29, 0.717) is 0 Å². The number of ether oxygens (including phenoxy) is 2. The summed E-state index contributed by atoms with van der Waals surface area (Å²) in [5.74, 6) is 0. The summed E-state index contributed by atoms with van der Waals surface area (Å²) >= 11 is 0. The Morgan fingerprint density at radius 3 is 1.68 bits per heavy atom. The molecule has 0 aliphatic rings. The summed E-state index contributed by atoms with van der Waals surface area (Å²) in [5.41, 5.74) is -9.55. The molecule has 0 radical (unpaired) electrons. The molecular weight excluding hydrogens is 320 g/mol. The van der Waals surface area contributed by atoms with Gasteiger partial charge in [-0.1, -0.05) is 0 Å². The molecule has 0 aromatic heterocycles. The summed E-state index contributed by atoms with van der Waals surface area (Å²) in [6.07, 6.45) is 0. The van der Waals surface area contributed by atoms with Crippen LogP contribution >= 0.6 is 7.60 Å². The number of alkyl halides is 3. The molecule has 0 fully saturated rings. The minimum Gasteiger partial charge on any atom is -0.319 e. The van der Waals surface area contributed by atoms with Gasteiger partial charge in [0.25, 0.3) is 0 Å². The van der Waals surface area contributed by atoms with Crippen molar-refractivity contribution in [1.82, 2.24) is 0 Å². The van der Waals surface area contributed by atoms with Crippen LogP contribution in [-0.2, 0) is 28.3 Å². The maximum atomic E-state index is 12.2. The van der Waals surface area contributed by atoms with Crippen molar-refractivity contribution in [2.45, 2.75) is 25.1 Å². The predicted octanol–water partition coefficient (Wildman–Crippen LogP) is 0.715. The lowest BCUT2D eigenvalue weighted by Gasteiger charge is -2.31. The van der Waals surface area contributed by atoms with Crippen LogP contribution in [0.3, 0.4) is 0 Å². The van der Waals surface area contributed by atoms with Crippen molar-refractivity contribution >= 4 is 17.7 Å². The van der Waals surface area contributed by atoms with Crippen LogP contribution in [0, 0.1) is 0 Å². The van der Waals surface area contributed by atoms with Crippen molar-refractivity contribution in [1.29, 1.82) is 0 Å². The van der Waals surface area contributed by atoms with E-state index in [0.717, 1.165) is 13.8 Å². The molecule has 0 aliphatic carbocycles. The van der Waals surface area contributed by atoms with Gasteiger partial charge in [0.1, 0.15) is 0 Å². The number of rotatable bonds is 7. The van der Waals surface area contributed by atoms with Crippen molar-refractivity contribution in [2.24, 2.45) is 0 Å². The molecule has 116 valence electrons. The number of halogens is 3. The summed E-state index contributed by atoms with van der Waals surface area (Å²) in [5, 5.41) is 0. The van der Waals surface area contributed by atoms with Crippen molar-refractivity contribution in [3.63, 3.8) is 0 Å². The van der Waals surface area contributed by atoms with Crippen molar-refractivity contribution in [3.8, 4) is 0 Å². The fourth-order valence-corrected chi connectivity index (χ4v) is 2.60. The summed E-state index contributed by atoms with van der Waals surface area (Å²) in [6, 6.07) is 0. The van der Waals surface area contributed by atoms with E-state index >= 15 is 0 Å². The van der Waals surface area contributed by atoms with Crippen molar-refractivity contribution < 1.29 is 49.6 Å². The van der Waals surface area contributed by atoms with Gasteiger partial charge in [-0.15, -0.1) is 0 Å². The Morgan fingerprint density at radius 1 is 1.11 bits per heavy atom. The lowest BCUT2D eigenvalue weighted by Crippen LogP contribution is -2.44. The second-order valence-electron chi connectivity index (χ2n) is 2.92. The van der Waals surface area contributed by atoms with Gasteiger partial charge >= 0.3 is 28.9 Å². The third-order valence-corrected chi connectivity index (χ3v) is 3.70. The summed E-state index contributed by atoms with van der Waals surface area (Å²) in [7, 11) is -12.0. The molecule has 13 heteroatoms. The van der Waals surface area contributed by atoms with Crippen LogP contribution < -0.4 is 0 Å². The van der Waals surface area contributed by atoms with E-state index < -0.39 is 42.2 Å². The molecule has 0 aliphatic heterocycles. The van der Waals surface area contributed by atoms with Gasteiger partial charge in [0.05, 0.1) is 13.2 Å². The van der Waals surface area contributed by atoms with E-state index in [-0.39, 0.29) is 0 Å². The molecular formula is C6H12F3O8PS. The first-order chi connectivity index (χ1) is 8.33. The standard InChI is InChI=1S/C6H12F3O8PS/c1-3-15-6(16-4-2,18(10,11)12)17-19(13,14)5(7,8)9/h3-4H2,1-2H3,(H2,10,11,12). The number of hydrogen-bond donors (Lipinski definition) is 2. The maximum Gasteiger partial charge on any atom is 0.523 e. The van der Waals surface area contributed by atoms with E-state index in [2.05, 4.69) is 13.7 Å². The van der Waals surface area contributed by atoms with Gasteiger partial charge in [-0.05, 0) is 13.8 Å². The summed E-state index contributed by atoms with van der Waals surface area (Å²) < 4.78 is 81.3. The lowest BCUT2D eigenvalue weighted by molar-refractivity contribution is -0.292. The largest absolute Gasteiger partial charge is 0.523 e. The Hall–Kier alpha value is -0.230. The predicted molar refractivity (Wildman–Crippen MR) is 54.1 cm³/mol. The van der Waals surface area contributed by atoms with Gasteiger partial charge in [-0.3, -0.25) is 4.57 Å². The second kappa shape index (κ2) is 6.04. The number of hydrogen-bond acceptors (Lipinski definition) is 6. The molecule has 19 heavy (non-hydrogen) atoms. The van der Waals surface area contributed by atoms with Gasteiger partial charge in [0, 0.05) is 0 Å². The zero-order valence-corrected chi connectivity index (χ0v) is 11.5. The van der Waals surface area contributed by atoms with Gasteiger partial charge in [0.15, 0.2) is 0 Å². The molecule has 0 aromatic carbocycles. The molecule has 8 nitrogen and oxygen atoms in total. The Balaban J connectivity index is 5.70. The molecule has 0 saturated carbocycles. The highest BCUT2D eigenvalue weighted by Crippen LogP contribution is 2.54. The van der Waals surface area contributed by atoms with Crippen LogP contribution in [0.5, 0.6) is 0 Å². The molecule has 2 N–H and O–H groups in total. The zero-order chi connectivity index (χ0) is 15.5. The summed E-state index contributed by atoms with van der Waals surface area (Å²) in [6.45, 7) is 1.15. The molecule has 0 rings (SSSR count). The monoisotopic (exact) mass is 332 g/mol. The second-order valence-corrected chi connectivity index (χ2v) is 6.09. The maximum absolute atomic E-state index is 12.2. The van der Waals surface area contributed by atoms with Gasteiger partial charge in [-0.2, -0.15) is 25.8 Å². The molecule has 0 saturated heterocycles. The molecule has 0 bridgehead atoms. The van der Waals surface area contributed by atoms with Gasteiger partial charge < -0.3 is 19.3 Å². The van der Waals surface area contributed by atoms with Crippen LogP contribution in [-0.4, -0.2) is 42.6 Å². The summed E-state index contributed by atoms with van der Waals surface area (Å²) in [4.78, 5) is 17.8. The minimum atomic E-state index is -6.33. The molecule has 0 heterocycles. The van der Waals surface area contributed by atoms with Crippen LogP contribution in [0.4, 0.5) is 13.2 Å². The van der Waals surface area contributed by atoms with Crippen molar-refractivity contribution in [3.05, 3.63) is 0 Å². The first-order valence-electron chi connectivity index (χ1n) is 4.68. The quantitative estimate of drug-likeness (QED) is 0.303. The van der Waals surface area contributed by atoms with Gasteiger partial charge in [0.2, 0.25) is 0 Å². The van der Waals surface area contributed by atoms with E-state index in [9.17, 15) is 26.2 Å². The molecule has 0 aromatic rings. The van der Waals surface area contributed by atoms with Crippen molar-refractivity contribution in [2.75, 3.05) is 13.2 Å². The first kappa shape index (κ1) is 18.8. The highest BCUT2D eigenvalue weighted by molar-refractivity contribution is 7.87. The lowest BCUT2D eigenvalue weighted by atomic mass is 10.8. The fraction of sp³-hybridized carbons (Fsp3) is 1.00. The highest BCUT2D eigenvalue weighted by Gasteiger charge is 2.61. The highest BCUT2D eigenvalue weighted by atomic mass is 32.2. The molecule has 0 amide bonds. The Kier molecular flexibility index (Phi) is 5.96. The Labute approximate surface area is 106 Å². The molecule has 0 unspecified atom stereocenters. The van der Waals surface area contributed by atoms with Crippen LogP contribution in [0.15, 0.2) is 0 Å².